The molecule has 2 nitrogen and oxygen atoms in total. The standard InChI is InChI=1S/C16H24F3NO/c1-11(2)8-20(9-12(3)4)14-6-5-13(10-21)15(7-14)16(17,18)19/h5-7,11-12,21H,8-10H2,1-4H3. The van der Waals surface area contributed by atoms with E-state index in [0.29, 0.717) is 30.6 Å². The predicted octanol–water partition coefficient (Wildman–Crippen LogP) is 4.32. The Hall–Kier alpha value is -1.23. The maximum Gasteiger partial charge on any atom is 0.416 e. The number of alkyl halides is 3. The van der Waals surface area contributed by atoms with E-state index in [1.54, 1.807) is 6.07 Å². The van der Waals surface area contributed by atoms with Crippen molar-refractivity contribution >= 4 is 5.69 Å². The molecule has 0 aliphatic rings. The molecule has 0 unspecified atom stereocenters. The van der Waals surface area contributed by atoms with Crippen LogP contribution in [0, 0.1) is 11.8 Å². The largest absolute Gasteiger partial charge is 0.416 e. The van der Waals surface area contributed by atoms with Gasteiger partial charge in [-0.05, 0) is 29.5 Å². The minimum absolute atomic E-state index is 0.0831. The molecule has 1 aromatic rings. The summed E-state index contributed by atoms with van der Waals surface area (Å²) in [6, 6.07) is 4.17. The molecule has 1 aromatic carbocycles. The number of nitrogens with zero attached hydrogens (tertiary/aromatic N) is 1. The smallest absolute Gasteiger partial charge is 0.392 e. The third kappa shape index (κ3) is 5.23. The summed E-state index contributed by atoms with van der Waals surface area (Å²) >= 11 is 0. The van der Waals surface area contributed by atoms with Gasteiger partial charge in [-0.15, -0.1) is 0 Å². The van der Waals surface area contributed by atoms with E-state index in [-0.39, 0.29) is 5.56 Å². The van der Waals surface area contributed by atoms with Crippen LogP contribution >= 0.6 is 0 Å². The number of hydrogen-bond acceptors (Lipinski definition) is 2. The Kier molecular flexibility index (Phi) is 6.08. The third-order valence-electron chi connectivity index (χ3n) is 3.11. The topological polar surface area (TPSA) is 23.5 Å². The molecular weight excluding hydrogens is 279 g/mol. The fourth-order valence-electron chi connectivity index (χ4n) is 2.33. The van der Waals surface area contributed by atoms with Gasteiger partial charge < -0.3 is 10.0 Å². The number of benzene rings is 1. The molecule has 0 atom stereocenters. The van der Waals surface area contributed by atoms with Gasteiger partial charge in [0.1, 0.15) is 0 Å². The van der Waals surface area contributed by atoms with Gasteiger partial charge in [-0.2, -0.15) is 13.2 Å². The van der Waals surface area contributed by atoms with Crippen LogP contribution in [0.4, 0.5) is 18.9 Å². The molecule has 1 rings (SSSR count). The summed E-state index contributed by atoms with van der Waals surface area (Å²) in [6.07, 6.45) is -4.45. The van der Waals surface area contributed by atoms with E-state index in [4.69, 9.17) is 5.11 Å². The minimum Gasteiger partial charge on any atom is -0.392 e. The zero-order chi connectivity index (χ0) is 16.2. The summed E-state index contributed by atoms with van der Waals surface area (Å²) in [7, 11) is 0. The molecule has 0 saturated heterocycles. The summed E-state index contributed by atoms with van der Waals surface area (Å²) in [5.74, 6) is 0.714. The fourth-order valence-corrected chi connectivity index (χ4v) is 2.33. The molecule has 0 aromatic heterocycles. The molecule has 21 heavy (non-hydrogen) atoms. The van der Waals surface area contributed by atoms with Gasteiger partial charge in [0.15, 0.2) is 0 Å². The number of halogens is 3. The monoisotopic (exact) mass is 303 g/mol. The van der Waals surface area contributed by atoms with Crippen LogP contribution in [-0.2, 0) is 12.8 Å². The minimum atomic E-state index is -4.45. The highest BCUT2D eigenvalue weighted by molar-refractivity contribution is 5.52. The Labute approximate surface area is 124 Å². The van der Waals surface area contributed by atoms with Crippen molar-refractivity contribution in [3.63, 3.8) is 0 Å². The quantitative estimate of drug-likeness (QED) is 0.846. The van der Waals surface area contributed by atoms with Crippen molar-refractivity contribution in [2.75, 3.05) is 18.0 Å². The Morgan fingerprint density at radius 2 is 1.57 bits per heavy atom. The second-order valence-electron chi connectivity index (χ2n) is 6.19. The average molecular weight is 303 g/mol. The summed E-state index contributed by atoms with van der Waals surface area (Å²) in [5.41, 5.74) is -0.276. The summed E-state index contributed by atoms with van der Waals surface area (Å²) in [4.78, 5) is 1.98. The van der Waals surface area contributed by atoms with Gasteiger partial charge in [-0.25, -0.2) is 0 Å². The first-order valence-electron chi connectivity index (χ1n) is 7.21. The van der Waals surface area contributed by atoms with Crippen molar-refractivity contribution < 1.29 is 18.3 Å². The van der Waals surface area contributed by atoms with Crippen LogP contribution in [0.5, 0.6) is 0 Å². The summed E-state index contributed by atoms with van der Waals surface area (Å²) in [6.45, 7) is 8.96. The van der Waals surface area contributed by atoms with E-state index in [2.05, 4.69) is 0 Å². The van der Waals surface area contributed by atoms with Gasteiger partial charge >= 0.3 is 6.18 Å². The van der Waals surface area contributed by atoms with Crippen molar-refractivity contribution in [1.82, 2.24) is 0 Å². The van der Waals surface area contributed by atoms with Gasteiger partial charge in [0.2, 0.25) is 0 Å². The molecule has 0 aliphatic carbocycles. The van der Waals surface area contributed by atoms with Crippen molar-refractivity contribution in [2.45, 2.75) is 40.5 Å². The van der Waals surface area contributed by atoms with E-state index in [9.17, 15) is 13.2 Å². The lowest BCUT2D eigenvalue weighted by atomic mass is 10.0. The Morgan fingerprint density at radius 1 is 1.05 bits per heavy atom. The number of rotatable bonds is 6. The lowest BCUT2D eigenvalue weighted by molar-refractivity contribution is -0.138. The van der Waals surface area contributed by atoms with E-state index < -0.39 is 18.3 Å². The lowest BCUT2D eigenvalue weighted by Gasteiger charge is -2.29. The average Bonchev–Trinajstić information content (AvgIpc) is 2.35. The number of aliphatic hydroxyl groups is 1. The van der Waals surface area contributed by atoms with Gasteiger partial charge in [-0.3, -0.25) is 0 Å². The van der Waals surface area contributed by atoms with Crippen LogP contribution in [0.2, 0.25) is 0 Å². The highest BCUT2D eigenvalue weighted by Crippen LogP contribution is 2.35. The molecular formula is C16H24F3NO. The Morgan fingerprint density at radius 3 is 1.95 bits per heavy atom. The van der Waals surface area contributed by atoms with E-state index in [1.807, 2.05) is 32.6 Å². The molecule has 0 spiro atoms. The van der Waals surface area contributed by atoms with Crippen molar-refractivity contribution in [3.8, 4) is 0 Å². The van der Waals surface area contributed by atoms with Gasteiger partial charge in [0, 0.05) is 18.8 Å². The van der Waals surface area contributed by atoms with Crippen LogP contribution in [0.1, 0.15) is 38.8 Å². The SMILES string of the molecule is CC(C)CN(CC(C)C)c1ccc(CO)c(C(F)(F)F)c1. The number of aliphatic hydroxyl groups excluding tert-OH is 1. The van der Waals surface area contributed by atoms with Crippen LogP contribution in [0.25, 0.3) is 0 Å². The van der Waals surface area contributed by atoms with Gasteiger partial charge in [0.05, 0.1) is 12.2 Å². The molecule has 0 fully saturated rings. The van der Waals surface area contributed by atoms with Crippen LogP contribution < -0.4 is 4.90 Å². The van der Waals surface area contributed by atoms with Crippen LogP contribution in [-0.4, -0.2) is 18.2 Å². The highest BCUT2D eigenvalue weighted by atomic mass is 19.4. The Balaban J connectivity index is 3.19. The van der Waals surface area contributed by atoms with E-state index in [1.165, 1.54) is 6.07 Å². The molecule has 0 aliphatic heterocycles. The fraction of sp³-hybridized carbons (Fsp3) is 0.625. The van der Waals surface area contributed by atoms with E-state index in [0.717, 1.165) is 6.07 Å². The maximum atomic E-state index is 13.1. The number of hydrogen-bond donors (Lipinski definition) is 1. The highest BCUT2D eigenvalue weighted by Gasteiger charge is 2.33. The maximum absolute atomic E-state index is 13.1. The number of anilines is 1. The predicted molar refractivity (Wildman–Crippen MR) is 79.3 cm³/mol. The van der Waals surface area contributed by atoms with Crippen LogP contribution in [0.3, 0.4) is 0 Å². The zero-order valence-corrected chi connectivity index (χ0v) is 13.0. The van der Waals surface area contributed by atoms with Gasteiger partial charge in [-0.1, -0.05) is 33.8 Å². The van der Waals surface area contributed by atoms with Crippen molar-refractivity contribution in [1.29, 1.82) is 0 Å². The summed E-state index contributed by atoms with van der Waals surface area (Å²) < 4.78 is 39.2. The zero-order valence-electron chi connectivity index (χ0n) is 13.0. The molecule has 1 N–H and O–H groups in total. The molecule has 120 valence electrons. The first kappa shape index (κ1) is 17.8. The summed E-state index contributed by atoms with van der Waals surface area (Å²) in [5, 5.41) is 9.09. The molecule has 5 heteroatoms. The molecule has 0 radical (unpaired) electrons. The normalized spacial score (nSPS) is 12.3. The van der Waals surface area contributed by atoms with Crippen molar-refractivity contribution in [3.05, 3.63) is 29.3 Å². The van der Waals surface area contributed by atoms with E-state index >= 15 is 0 Å². The third-order valence-corrected chi connectivity index (χ3v) is 3.11. The molecule has 0 bridgehead atoms. The molecule has 0 amide bonds. The van der Waals surface area contributed by atoms with Crippen LogP contribution in [0.15, 0.2) is 18.2 Å². The first-order valence-corrected chi connectivity index (χ1v) is 7.21. The Bertz CT molecular complexity index is 445. The molecule has 0 heterocycles. The second kappa shape index (κ2) is 7.16. The first-order chi connectivity index (χ1) is 9.65. The second-order valence-corrected chi connectivity index (χ2v) is 6.19. The van der Waals surface area contributed by atoms with Crippen molar-refractivity contribution in [2.24, 2.45) is 11.8 Å². The van der Waals surface area contributed by atoms with Gasteiger partial charge in [0.25, 0.3) is 0 Å². The molecule has 0 saturated carbocycles. The lowest BCUT2D eigenvalue weighted by Crippen LogP contribution is -2.31.